The van der Waals surface area contributed by atoms with Crippen LogP contribution < -0.4 is 4.74 Å². The minimum absolute atomic E-state index is 0.659. The van der Waals surface area contributed by atoms with Gasteiger partial charge in [0.25, 0.3) is 0 Å². The van der Waals surface area contributed by atoms with Crippen LogP contribution in [0.1, 0.15) is 13.8 Å². The Balaban J connectivity index is 1.43. The van der Waals surface area contributed by atoms with Gasteiger partial charge in [-0.15, -0.1) is 0 Å². The van der Waals surface area contributed by atoms with Crippen LogP contribution in [0.2, 0.25) is 0 Å². The van der Waals surface area contributed by atoms with Crippen molar-refractivity contribution in [3.63, 3.8) is 0 Å². The summed E-state index contributed by atoms with van der Waals surface area (Å²) in [5, 5.41) is 0. The summed E-state index contributed by atoms with van der Waals surface area (Å²) < 4.78 is 5.92. The molecule has 0 saturated carbocycles. The molecule has 1 fully saturated rings. The van der Waals surface area contributed by atoms with E-state index in [1.807, 2.05) is 6.07 Å². The van der Waals surface area contributed by atoms with Crippen molar-refractivity contribution in [1.29, 1.82) is 0 Å². The zero-order valence-corrected chi connectivity index (χ0v) is 14.8. The van der Waals surface area contributed by atoms with E-state index >= 15 is 0 Å². The molecule has 24 heavy (non-hydrogen) atoms. The van der Waals surface area contributed by atoms with Crippen LogP contribution in [0.5, 0.6) is 5.75 Å². The van der Waals surface area contributed by atoms with Crippen LogP contribution in [0.15, 0.2) is 54.6 Å². The maximum atomic E-state index is 5.92. The van der Waals surface area contributed by atoms with Crippen molar-refractivity contribution < 1.29 is 4.74 Å². The fraction of sp³-hybridized carbons (Fsp3) is 0.429. The predicted molar refractivity (Wildman–Crippen MR) is 101 cm³/mol. The highest BCUT2D eigenvalue weighted by Gasteiger charge is 2.18. The third-order valence-electron chi connectivity index (χ3n) is 4.77. The van der Waals surface area contributed by atoms with Crippen LogP contribution in [0.25, 0.3) is 11.1 Å². The van der Waals surface area contributed by atoms with Gasteiger partial charge in [-0.3, -0.25) is 9.80 Å². The molecule has 0 spiro atoms. The molecule has 1 heterocycles. The first-order chi connectivity index (χ1) is 11.7. The van der Waals surface area contributed by atoms with E-state index in [0.29, 0.717) is 6.04 Å². The molecule has 3 rings (SSSR count). The number of rotatable bonds is 6. The summed E-state index contributed by atoms with van der Waals surface area (Å²) in [5.74, 6) is 0.954. The first kappa shape index (κ1) is 17.0. The number of nitrogens with zero attached hydrogens (tertiary/aromatic N) is 2. The van der Waals surface area contributed by atoms with Gasteiger partial charge >= 0.3 is 0 Å². The Bertz CT molecular complexity index is 601. The molecular weight excluding hydrogens is 296 g/mol. The lowest BCUT2D eigenvalue weighted by molar-refractivity contribution is 0.0971. The lowest BCUT2D eigenvalue weighted by atomic mass is 10.1. The Morgan fingerprint density at radius 1 is 0.833 bits per heavy atom. The molecular formula is C21H28N2O. The van der Waals surface area contributed by atoms with Crippen LogP contribution >= 0.6 is 0 Å². The number of hydrogen-bond acceptors (Lipinski definition) is 3. The van der Waals surface area contributed by atoms with Crippen LogP contribution in [0.4, 0.5) is 0 Å². The summed E-state index contributed by atoms with van der Waals surface area (Å²) in [6.07, 6.45) is 0. The lowest BCUT2D eigenvalue weighted by Crippen LogP contribution is -2.49. The van der Waals surface area contributed by atoms with Gasteiger partial charge in [-0.05, 0) is 37.1 Å². The second kappa shape index (κ2) is 8.32. The van der Waals surface area contributed by atoms with Crippen LogP contribution in [-0.2, 0) is 0 Å². The third kappa shape index (κ3) is 4.59. The van der Waals surface area contributed by atoms with Crippen LogP contribution in [0, 0.1) is 0 Å². The van der Waals surface area contributed by atoms with Gasteiger partial charge in [0, 0.05) is 38.8 Å². The predicted octanol–water partition coefficient (Wildman–Crippen LogP) is 3.76. The van der Waals surface area contributed by atoms with E-state index in [0.717, 1.165) is 32.0 Å². The van der Waals surface area contributed by atoms with E-state index < -0.39 is 0 Å². The Morgan fingerprint density at radius 2 is 1.46 bits per heavy atom. The molecule has 2 aromatic rings. The zero-order chi connectivity index (χ0) is 16.8. The topological polar surface area (TPSA) is 15.7 Å². The quantitative estimate of drug-likeness (QED) is 0.805. The molecule has 1 saturated heterocycles. The van der Waals surface area contributed by atoms with Crippen molar-refractivity contribution in [1.82, 2.24) is 9.80 Å². The second-order valence-electron chi connectivity index (χ2n) is 6.71. The average molecular weight is 324 g/mol. The Kier molecular flexibility index (Phi) is 5.89. The molecule has 0 aliphatic carbocycles. The second-order valence-corrected chi connectivity index (χ2v) is 6.71. The molecule has 0 amide bonds. The van der Waals surface area contributed by atoms with Gasteiger partial charge in [0.15, 0.2) is 0 Å². The Morgan fingerprint density at radius 3 is 2.08 bits per heavy atom. The van der Waals surface area contributed by atoms with Crippen LogP contribution in [0.3, 0.4) is 0 Å². The van der Waals surface area contributed by atoms with E-state index in [4.69, 9.17) is 4.74 Å². The third-order valence-corrected chi connectivity index (χ3v) is 4.77. The summed E-state index contributed by atoms with van der Waals surface area (Å²) in [6.45, 7) is 10.9. The van der Waals surface area contributed by atoms with Gasteiger partial charge in [-0.25, -0.2) is 0 Å². The highest BCUT2D eigenvalue weighted by atomic mass is 16.5. The Hall–Kier alpha value is -1.84. The number of piperazine rings is 1. The van der Waals surface area contributed by atoms with Gasteiger partial charge < -0.3 is 4.74 Å². The maximum absolute atomic E-state index is 5.92. The SMILES string of the molecule is CC(C)N1CCN(CCOc2ccc(-c3ccccc3)cc2)CC1. The minimum Gasteiger partial charge on any atom is -0.492 e. The zero-order valence-electron chi connectivity index (χ0n) is 14.8. The van der Waals surface area contributed by atoms with Gasteiger partial charge in [0.2, 0.25) is 0 Å². The number of ether oxygens (including phenoxy) is 1. The van der Waals surface area contributed by atoms with E-state index in [2.05, 4.69) is 72.2 Å². The molecule has 0 atom stereocenters. The van der Waals surface area contributed by atoms with E-state index in [1.54, 1.807) is 0 Å². The van der Waals surface area contributed by atoms with Gasteiger partial charge in [0.1, 0.15) is 12.4 Å². The molecule has 0 N–H and O–H groups in total. The van der Waals surface area contributed by atoms with Crippen molar-refractivity contribution in [3.8, 4) is 16.9 Å². The van der Waals surface area contributed by atoms with Crippen molar-refractivity contribution in [2.75, 3.05) is 39.3 Å². The summed E-state index contributed by atoms with van der Waals surface area (Å²) in [6, 6.07) is 19.5. The lowest BCUT2D eigenvalue weighted by Gasteiger charge is -2.36. The largest absolute Gasteiger partial charge is 0.492 e. The molecule has 0 unspecified atom stereocenters. The number of benzene rings is 2. The molecule has 1 aliphatic rings. The van der Waals surface area contributed by atoms with E-state index in [9.17, 15) is 0 Å². The summed E-state index contributed by atoms with van der Waals surface area (Å²) in [5.41, 5.74) is 2.47. The standard InChI is InChI=1S/C21H28N2O/c1-18(2)23-14-12-22(13-15-23)16-17-24-21-10-8-20(9-11-21)19-6-4-3-5-7-19/h3-11,18H,12-17H2,1-2H3. The van der Waals surface area contributed by atoms with Gasteiger partial charge in [-0.1, -0.05) is 42.5 Å². The molecule has 2 aromatic carbocycles. The Labute approximate surface area is 145 Å². The van der Waals surface area contributed by atoms with Crippen molar-refractivity contribution >= 4 is 0 Å². The van der Waals surface area contributed by atoms with Crippen molar-refractivity contribution in [2.45, 2.75) is 19.9 Å². The fourth-order valence-corrected chi connectivity index (χ4v) is 3.17. The highest BCUT2D eigenvalue weighted by Crippen LogP contribution is 2.22. The maximum Gasteiger partial charge on any atom is 0.119 e. The van der Waals surface area contributed by atoms with E-state index in [1.165, 1.54) is 24.2 Å². The smallest absolute Gasteiger partial charge is 0.119 e. The summed E-state index contributed by atoms with van der Waals surface area (Å²) in [4.78, 5) is 5.04. The van der Waals surface area contributed by atoms with E-state index in [-0.39, 0.29) is 0 Å². The summed E-state index contributed by atoms with van der Waals surface area (Å²) in [7, 11) is 0. The minimum atomic E-state index is 0.659. The molecule has 0 radical (unpaired) electrons. The molecule has 3 heteroatoms. The van der Waals surface area contributed by atoms with Gasteiger partial charge in [-0.2, -0.15) is 0 Å². The molecule has 0 aromatic heterocycles. The van der Waals surface area contributed by atoms with Crippen molar-refractivity contribution in [2.24, 2.45) is 0 Å². The summed E-state index contributed by atoms with van der Waals surface area (Å²) >= 11 is 0. The highest BCUT2D eigenvalue weighted by molar-refractivity contribution is 5.63. The monoisotopic (exact) mass is 324 g/mol. The molecule has 1 aliphatic heterocycles. The molecule has 3 nitrogen and oxygen atoms in total. The molecule has 0 bridgehead atoms. The van der Waals surface area contributed by atoms with Crippen molar-refractivity contribution in [3.05, 3.63) is 54.6 Å². The fourth-order valence-electron chi connectivity index (χ4n) is 3.17. The molecule has 128 valence electrons. The van der Waals surface area contributed by atoms with Crippen LogP contribution in [-0.4, -0.2) is 55.2 Å². The average Bonchev–Trinajstić information content (AvgIpc) is 2.63. The first-order valence-electron chi connectivity index (χ1n) is 8.97. The number of hydrogen-bond donors (Lipinski definition) is 0. The van der Waals surface area contributed by atoms with Gasteiger partial charge in [0.05, 0.1) is 0 Å². The normalized spacial score (nSPS) is 16.5. The first-order valence-corrected chi connectivity index (χ1v) is 8.97.